The lowest BCUT2D eigenvalue weighted by Gasteiger charge is -2.37. The van der Waals surface area contributed by atoms with Crippen molar-refractivity contribution in [2.75, 3.05) is 11.9 Å². The van der Waals surface area contributed by atoms with Gasteiger partial charge in [-0.2, -0.15) is 0 Å². The number of benzene rings is 1. The highest BCUT2D eigenvalue weighted by Gasteiger charge is 2.66. The Morgan fingerprint density at radius 1 is 1.15 bits per heavy atom. The summed E-state index contributed by atoms with van der Waals surface area (Å²) in [6, 6.07) is 5.19. The first-order chi connectivity index (χ1) is 13.0. The zero-order valence-corrected chi connectivity index (χ0v) is 16.7. The third kappa shape index (κ3) is 2.68. The fraction of sp³-hybridized carbons (Fsp3) is 0.450. The van der Waals surface area contributed by atoms with Crippen LogP contribution in [0.5, 0.6) is 0 Å². The molecule has 1 saturated heterocycles. The summed E-state index contributed by atoms with van der Waals surface area (Å²) < 4.78 is 0.822. The van der Waals surface area contributed by atoms with Gasteiger partial charge < -0.3 is 5.32 Å². The Bertz CT molecular complexity index is 865. The predicted octanol–water partition coefficient (Wildman–Crippen LogP) is 3.48. The van der Waals surface area contributed by atoms with Crippen molar-refractivity contribution < 1.29 is 14.4 Å². The second-order valence-corrected chi connectivity index (χ2v) is 9.23. The molecule has 7 heteroatoms. The van der Waals surface area contributed by atoms with Crippen LogP contribution < -0.4 is 5.32 Å². The quantitative estimate of drug-likeness (QED) is 0.565. The van der Waals surface area contributed by atoms with Crippen LogP contribution in [0.3, 0.4) is 0 Å². The number of amides is 3. The first-order valence-corrected chi connectivity index (χ1v) is 10.4. The summed E-state index contributed by atoms with van der Waals surface area (Å²) in [6.45, 7) is 0.124. The zero-order valence-electron chi connectivity index (χ0n) is 14.4. The van der Waals surface area contributed by atoms with E-state index >= 15 is 0 Å². The van der Waals surface area contributed by atoms with Gasteiger partial charge in [-0.3, -0.25) is 19.3 Å². The van der Waals surface area contributed by atoms with E-state index < -0.39 is 0 Å². The minimum Gasteiger partial charge on any atom is -0.325 e. The van der Waals surface area contributed by atoms with Crippen LogP contribution in [0.1, 0.15) is 12.8 Å². The van der Waals surface area contributed by atoms with Gasteiger partial charge in [0.05, 0.1) is 22.5 Å². The lowest BCUT2D eigenvalue weighted by molar-refractivity contribution is -0.140. The number of likely N-dealkylation sites (tertiary alicyclic amines) is 1. The van der Waals surface area contributed by atoms with Gasteiger partial charge in [0.15, 0.2) is 0 Å². The monoisotopic (exact) mass is 448 g/mol. The maximum absolute atomic E-state index is 12.9. The van der Waals surface area contributed by atoms with Gasteiger partial charge in [-0.1, -0.05) is 39.7 Å². The molecule has 0 aromatic heterocycles. The van der Waals surface area contributed by atoms with Crippen molar-refractivity contribution in [2.45, 2.75) is 12.8 Å². The van der Waals surface area contributed by atoms with E-state index in [9.17, 15) is 14.4 Å². The number of nitrogens with zero attached hydrogens (tertiary/aromatic N) is 1. The molecule has 1 heterocycles. The summed E-state index contributed by atoms with van der Waals surface area (Å²) in [5, 5.41) is 3.17. The number of hydrogen-bond acceptors (Lipinski definition) is 3. The molecule has 1 N–H and O–H groups in total. The zero-order chi connectivity index (χ0) is 18.9. The van der Waals surface area contributed by atoms with Gasteiger partial charge in [0, 0.05) is 17.4 Å². The molecule has 3 amide bonds. The van der Waals surface area contributed by atoms with Gasteiger partial charge >= 0.3 is 0 Å². The van der Waals surface area contributed by atoms with Crippen LogP contribution in [0.2, 0.25) is 5.02 Å². The van der Waals surface area contributed by atoms with E-state index in [4.69, 9.17) is 11.6 Å². The summed E-state index contributed by atoms with van der Waals surface area (Å²) in [4.78, 5) is 39.4. The summed E-state index contributed by atoms with van der Waals surface area (Å²) in [7, 11) is 0. The first kappa shape index (κ1) is 17.4. The van der Waals surface area contributed by atoms with Gasteiger partial charge in [-0.05, 0) is 48.3 Å². The molecular formula is C20H18BrClN2O3. The fourth-order valence-corrected chi connectivity index (χ4v) is 5.98. The number of carbonyl (C=O) groups excluding carboxylic acids is 3. The Balaban J connectivity index is 1.25. The predicted molar refractivity (Wildman–Crippen MR) is 104 cm³/mol. The summed E-state index contributed by atoms with van der Waals surface area (Å²) in [5.74, 6) is 0.720. The van der Waals surface area contributed by atoms with Crippen LogP contribution in [-0.2, 0) is 14.4 Å². The molecule has 2 saturated carbocycles. The number of imide groups is 1. The van der Waals surface area contributed by atoms with Crippen molar-refractivity contribution in [3.63, 3.8) is 0 Å². The van der Waals surface area contributed by atoms with E-state index in [1.807, 2.05) is 0 Å². The van der Waals surface area contributed by atoms with E-state index in [2.05, 4.69) is 33.4 Å². The molecule has 140 valence electrons. The standard InChI is InChI=1S/C20H18BrClN2O3/c21-9-1-4-15(14(22)7-9)23-16(25)5-6-24-19(26)17-10-2-3-11(13-8-12(10)13)18(17)20(24)27/h1-4,7,10-13,17-18H,5-6,8H2,(H,23,25)/t10-,11-,12-,13-,17-,18+/m1/s1. The molecule has 0 spiro atoms. The normalized spacial score (nSPS) is 35.3. The molecule has 1 aromatic carbocycles. The van der Waals surface area contributed by atoms with E-state index in [0.29, 0.717) is 22.5 Å². The number of allylic oxidation sites excluding steroid dienone is 2. The van der Waals surface area contributed by atoms with Gasteiger partial charge in [-0.15, -0.1) is 0 Å². The third-order valence-electron chi connectivity index (χ3n) is 6.52. The number of nitrogens with one attached hydrogen (secondary N) is 1. The molecule has 6 atom stereocenters. The Morgan fingerprint density at radius 2 is 1.78 bits per heavy atom. The van der Waals surface area contributed by atoms with Gasteiger partial charge in [0.1, 0.15) is 0 Å². The Kier molecular flexibility index (Phi) is 3.99. The average molecular weight is 450 g/mol. The molecular weight excluding hydrogens is 432 g/mol. The minimum atomic E-state index is -0.265. The van der Waals surface area contributed by atoms with Crippen LogP contribution in [-0.4, -0.2) is 29.2 Å². The number of hydrogen-bond donors (Lipinski definition) is 1. The van der Waals surface area contributed by atoms with Gasteiger partial charge in [0.2, 0.25) is 17.7 Å². The Hall–Kier alpha value is -1.66. The summed E-state index contributed by atoms with van der Waals surface area (Å²) in [6.07, 6.45) is 5.51. The topological polar surface area (TPSA) is 66.5 Å². The van der Waals surface area contributed by atoms with Gasteiger partial charge in [-0.25, -0.2) is 0 Å². The fourth-order valence-electron chi connectivity index (χ4n) is 5.26. The number of anilines is 1. The lowest BCUT2D eigenvalue weighted by atomic mass is 9.63. The number of carbonyl (C=O) groups is 3. The highest BCUT2D eigenvalue weighted by Crippen LogP contribution is 2.65. The maximum Gasteiger partial charge on any atom is 0.233 e. The molecule has 27 heavy (non-hydrogen) atoms. The van der Waals surface area contributed by atoms with E-state index in [1.54, 1.807) is 18.2 Å². The van der Waals surface area contributed by atoms with Crippen LogP contribution in [0.25, 0.3) is 0 Å². The van der Waals surface area contributed by atoms with Crippen molar-refractivity contribution in [1.29, 1.82) is 0 Å². The minimum absolute atomic E-state index is 0.0684. The highest BCUT2D eigenvalue weighted by molar-refractivity contribution is 9.10. The average Bonchev–Trinajstić information content (AvgIpc) is 3.41. The van der Waals surface area contributed by atoms with Crippen LogP contribution in [0.15, 0.2) is 34.8 Å². The molecule has 1 aromatic rings. The van der Waals surface area contributed by atoms with Crippen LogP contribution >= 0.6 is 27.5 Å². The first-order valence-electron chi connectivity index (χ1n) is 9.24. The van der Waals surface area contributed by atoms with Crippen LogP contribution in [0.4, 0.5) is 5.69 Å². The molecule has 0 unspecified atom stereocenters. The molecule has 2 bridgehead atoms. The molecule has 1 aliphatic heterocycles. The number of rotatable bonds is 4. The van der Waals surface area contributed by atoms with E-state index in [1.165, 1.54) is 4.90 Å². The Morgan fingerprint density at radius 3 is 2.37 bits per heavy atom. The van der Waals surface area contributed by atoms with Gasteiger partial charge in [0.25, 0.3) is 0 Å². The number of halogens is 2. The summed E-state index contributed by atoms with van der Waals surface area (Å²) >= 11 is 9.44. The smallest absolute Gasteiger partial charge is 0.233 e. The molecule has 5 nitrogen and oxygen atoms in total. The largest absolute Gasteiger partial charge is 0.325 e. The second kappa shape index (κ2) is 6.17. The lowest BCUT2D eigenvalue weighted by Crippen LogP contribution is -2.40. The van der Waals surface area contributed by atoms with Crippen molar-refractivity contribution in [1.82, 2.24) is 4.90 Å². The molecule has 4 aliphatic carbocycles. The molecule has 5 aliphatic rings. The molecule has 3 fully saturated rings. The third-order valence-corrected chi connectivity index (χ3v) is 7.33. The van der Waals surface area contributed by atoms with Crippen molar-refractivity contribution >= 4 is 50.9 Å². The molecule has 0 radical (unpaired) electrons. The van der Waals surface area contributed by atoms with E-state index in [0.717, 1.165) is 10.9 Å². The summed E-state index contributed by atoms with van der Waals surface area (Å²) in [5.41, 5.74) is 0.514. The maximum atomic E-state index is 12.9. The van der Waals surface area contributed by atoms with Crippen LogP contribution in [0, 0.1) is 35.5 Å². The van der Waals surface area contributed by atoms with E-state index in [-0.39, 0.29) is 54.4 Å². The molecule has 6 rings (SSSR count). The van der Waals surface area contributed by atoms with Crippen molar-refractivity contribution in [2.24, 2.45) is 35.5 Å². The van der Waals surface area contributed by atoms with Crippen molar-refractivity contribution in [3.8, 4) is 0 Å². The highest BCUT2D eigenvalue weighted by atomic mass is 79.9. The second-order valence-electron chi connectivity index (χ2n) is 7.91. The SMILES string of the molecule is O=C(CCN1C(=O)[C@@H]2[C@@H]3C=C[C@H]([C@H]4C[C@H]34)[C@@H]2C1=O)Nc1ccc(Br)cc1Cl. The Labute approximate surface area is 170 Å². The van der Waals surface area contributed by atoms with Crippen molar-refractivity contribution in [3.05, 3.63) is 39.8 Å².